The molecule has 6 heteroatoms. The molecule has 0 heterocycles. The van der Waals surface area contributed by atoms with Crippen LogP contribution in [0.25, 0.3) is 0 Å². The number of carbonyl (C=O) groups excluding carboxylic acids is 1. The van der Waals surface area contributed by atoms with Crippen LogP contribution in [0.2, 0.25) is 0 Å². The van der Waals surface area contributed by atoms with Crippen LogP contribution in [-0.4, -0.2) is 68.3 Å². The second-order valence-corrected chi connectivity index (χ2v) is 3.42. The fourth-order valence-electron chi connectivity index (χ4n) is 1.58. The zero-order valence-electron chi connectivity index (χ0n) is 10.0. The van der Waals surface area contributed by atoms with Crippen LogP contribution in [0.3, 0.4) is 0 Å². The average molecular weight is 236 g/mol. The molecule has 0 aliphatic carbocycles. The van der Waals surface area contributed by atoms with Crippen LogP contribution in [0, 0.1) is 0 Å². The molecule has 0 saturated carbocycles. The molecule has 0 unspecified atom stereocenters. The van der Waals surface area contributed by atoms with Crippen LogP contribution in [0.4, 0.5) is 0 Å². The first-order valence-electron chi connectivity index (χ1n) is 4.91. The van der Waals surface area contributed by atoms with Crippen molar-refractivity contribution in [3.8, 4) is 0 Å². The van der Waals surface area contributed by atoms with E-state index < -0.39 is 31.0 Å². The number of carbonyl (C=O) groups is 1. The first kappa shape index (κ1) is 15.5. The maximum absolute atomic E-state index is 11.3. The van der Waals surface area contributed by atoms with Crippen LogP contribution >= 0.6 is 0 Å². The molecule has 0 aliphatic rings. The van der Waals surface area contributed by atoms with E-state index in [4.69, 9.17) is 19.3 Å². The monoisotopic (exact) mass is 236 g/mol. The summed E-state index contributed by atoms with van der Waals surface area (Å²) in [6, 6.07) is 0. The predicted molar refractivity (Wildman–Crippen MR) is 56.2 cm³/mol. The second kappa shape index (κ2) is 7.70. The molecule has 0 fully saturated rings. The van der Waals surface area contributed by atoms with E-state index in [2.05, 4.69) is 0 Å². The lowest BCUT2D eigenvalue weighted by Gasteiger charge is -2.31. The molecule has 96 valence electrons. The topological polar surface area (TPSA) is 85.2 Å². The molecule has 0 radical (unpaired) electrons. The lowest BCUT2D eigenvalue weighted by atomic mass is 10.0. The third-order valence-corrected chi connectivity index (χ3v) is 2.39. The fourth-order valence-corrected chi connectivity index (χ4v) is 1.58. The molecule has 0 rings (SSSR count). The second-order valence-electron chi connectivity index (χ2n) is 3.42. The highest BCUT2D eigenvalue weighted by Gasteiger charge is 2.36. The quantitative estimate of drug-likeness (QED) is 0.561. The molecule has 0 bridgehead atoms. The number of methoxy groups -OCH3 is 3. The van der Waals surface area contributed by atoms with Crippen LogP contribution in [0.15, 0.2) is 0 Å². The van der Waals surface area contributed by atoms with Crippen molar-refractivity contribution in [2.24, 2.45) is 0 Å². The number of aliphatic hydroxyl groups excluding tert-OH is 2. The molecular formula is C10H20O6. The lowest BCUT2D eigenvalue weighted by molar-refractivity contribution is -0.161. The van der Waals surface area contributed by atoms with Gasteiger partial charge in [-0.25, -0.2) is 0 Å². The summed E-state index contributed by atoms with van der Waals surface area (Å²) in [5, 5.41) is 18.4. The van der Waals surface area contributed by atoms with Gasteiger partial charge in [0, 0.05) is 21.3 Å². The summed E-state index contributed by atoms with van der Waals surface area (Å²) >= 11 is 0. The van der Waals surface area contributed by atoms with E-state index in [-0.39, 0.29) is 5.78 Å². The molecule has 0 aromatic carbocycles. The van der Waals surface area contributed by atoms with E-state index >= 15 is 0 Å². The van der Waals surface area contributed by atoms with Crippen molar-refractivity contribution in [2.75, 3.05) is 27.9 Å². The molecule has 6 nitrogen and oxygen atoms in total. The van der Waals surface area contributed by atoms with Crippen molar-refractivity contribution < 1.29 is 29.2 Å². The molecule has 0 aromatic rings. The van der Waals surface area contributed by atoms with E-state index in [0.29, 0.717) is 0 Å². The highest BCUT2D eigenvalue weighted by Crippen LogP contribution is 2.14. The predicted octanol–water partition coefficient (Wildman–Crippen LogP) is -1.03. The number of ketones is 1. The van der Waals surface area contributed by atoms with Gasteiger partial charge in [-0.1, -0.05) is 0 Å². The minimum Gasteiger partial charge on any atom is -0.394 e. The van der Waals surface area contributed by atoms with Gasteiger partial charge >= 0.3 is 0 Å². The number of hydrogen-bond acceptors (Lipinski definition) is 6. The Balaban J connectivity index is 4.84. The third-order valence-electron chi connectivity index (χ3n) is 2.39. The number of hydrogen-bond donors (Lipinski definition) is 2. The van der Waals surface area contributed by atoms with Gasteiger partial charge in [0.15, 0.2) is 5.78 Å². The number of ether oxygens (including phenoxy) is 3. The standard InChI is InChI=1S/C10H20O6/c1-6(12)8(14-2)10(16-4)9(15-3)7(13)5-11/h7-11,13H,5H2,1-4H3/t7-,8-,9-,10-/m1/s1. The minimum absolute atomic E-state index is 0.235. The Morgan fingerprint density at radius 3 is 1.88 bits per heavy atom. The Morgan fingerprint density at radius 2 is 1.62 bits per heavy atom. The summed E-state index contributed by atoms with van der Waals surface area (Å²) in [5.41, 5.74) is 0. The summed E-state index contributed by atoms with van der Waals surface area (Å²) in [4.78, 5) is 11.3. The molecule has 0 saturated heterocycles. The van der Waals surface area contributed by atoms with Crippen molar-refractivity contribution in [1.29, 1.82) is 0 Å². The maximum atomic E-state index is 11.3. The normalized spacial score (nSPS) is 18.9. The largest absolute Gasteiger partial charge is 0.394 e. The molecule has 16 heavy (non-hydrogen) atoms. The van der Waals surface area contributed by atoms with Crippen molar-refractivity contribution in [2.45, 2.75) is 31.3 Å². The highest BCUT2D eigenvalue weighted by molar-refractivity contribution is 5.81. The lowest BCUT2D eigenvalue weighted by Crippen LogP contribution is -2.50. The molecular weight excluding hydrogens is 216 g/mol. The first-order chi connectivity index (χ1) is 7.53. The van der Waals surface area contributed by atoms with Crippen molar-refractivity contribution in [3.05, 3.63) is 0 Å². The molecule has 2 N–H and O–H groups in total. The molecule has 0 aliphatic heterocycles. The molecule has 4 atom stereocenters. The number of aliphatic hydroxyl groups is 2. The Bertz CT molecular complexity index is 207. The van der Waals surface area contributed by atoms with E-state index in [1.54, 1.807) is 0 Å². The van der Waals surface area contributed by atoms with E-state index in [9.17, 15) is 9.90 Å². The maximum Gasteiger partial charge on any atom is 0.161 e. The zero-order valence-corrected chi connectivity index (χ0v) is 10.0. The average Bonchev–Trinajstić information content (AvgIpc) is 2.27. The van der Waals surface area contributed by atoms with Gasteiger partial charge in [0.1, 0.15) is 24.4 Å². The number of Topliss-reactive ketones (excluding diaryl/α,β-unsaturated/α-hetero) is 1. The Morgan fingerprint density at radius 1 is 1.12 bits per heavy atom. The Hall–Kier alpha value is -0.530. The highest BCUT2D eigenvalue weighted by atomic mass is 16.6. The van der Waals surface area contributed by atoms with Gasteiger partial charge in [0.2, 0.25) is 0 Å². The van der Waals surface area contributed by atoms with Gasteiger partial charge in [-0.2, -0.15) is 0 Å². The summed E-state index contributed by atoms with van der Waals surface area (Å²) in [5.74, 6) is -0.235. The van der Waals surface area contributed by atoms with Crippen molar-refractivity contribution in [1.82, 2.24) is 0 Å². The van der Waals surface area contributed by atoms with Crippen molar-refractivity contribution >= 4 is 5.78 Å². The Labute approximate surface area is 95.1 Å². The molecule has 0 aromatic heterocycles. The summed E-state index contributed by atoms with van der Waals surface area (Å²) in [7, 11) is 4.12. The Kier molecular flexibility index (Phi) is 7.44. The van der Waals surface area contributed by atoms with Gasteiger partial charge in [0.25, 0.3) is 0 Å². The minimum atomic E-state index is -1.13. The van der Waals surface area contributed by atoms with Gasteiger partial charge in [0.05, 0.1) is 6.61 Å². The van der Waals surface area contributed by atoms with Gasteiger partial charge in [-0.3, -0.25) is 4.79 Å². The van der Waals surface area contributed by atoms with Crippen LogP contribution in [0.5, 0.6) is 0 Å². The van der Waals surface area contributed by atoms with Crippen molar-refractivity contribution in [3.63, 3.8) is 0 Å². The van der Waals surface area contributed by atoms with E-state index in [1.807, 2.05) is 0 Å². The first-order valence-corrected chi connectivity index (χ1v) is 4.91. The summed E-state index contributed by atoms with van der Waals surface area (Å²) < 4.78 is 15.1. The van der Waals surface area contributed by atoms with Crippen LogP contribution < -0.4 is 0 Å². The fraction of sp³-hybridized carbons (Fsp3) is 0.900. The van der Waals surface area contributed by atoms with E-state index in [1.165, 1.54) is 28.3 Å². The smallest absolute Gasteiger partial charge is 0.161 e. The SMILES string of the molecule is CO[C@@H]([C@H](OC)[C@H](OC)C(C)=O)[C@H](O)CO. The van der Waals surface area contributed by atoms with Gasteiger partial charge in [-0.15, -0.1) is 0 Å². The van der Waals surface area contributed by atoms with Gasteiger partial charge in [-0.05, 0) is 6.92 Å². The molecule has 0 spiro atoms. The summed E-state index contributed by atoms with van der Waals surface area (Å²) in [6.07, 6.45) is -3.57. The summed E-state index contributed by atoms with van der Waals surface area (Å²) in [6.45, 7) is 0.880. The number of rotatable bonds is 8. The zero-order chi connectivity index (χ0) is 12.7. The van der Waals surface area contributed by atoms with Crippen LogP contribution in [0.1, 0.15) is 6.92 Å². The molecule has 0 amide bonds. The van der Waals surface area contributed by atoms with Gasteiger partial charge < -0.3 is 24.4 Å². The third kappa shape index (κ3) is 3.80. The van der Waals surface area contributed by atoms with E-state index in [0.717, 1.165) is 0 Å². The van der Waals surface area contributed by atoms with Crippen LogP contribution in [-0.2, 0) is 19.0 Å².